The number of halogens is 1. The summed E-state index contributed by atoms with van der Waals surface area (Å²) in [5, 5.41) is 2.98. The topological polar surface area (TPSA) is 59.8 Å². The van der Waals surface area contributed by atoms with Crippen LogP contribution in [0.2, 0.25) is 5.02 Å². The van der Waals surface area contributed by atoms with E-state index >= 15 is 0 Å². The fraction of sp³-hybridized carbons (Fsp3) is 0.0833. The number of nitrogens with zero attached hydrogens (tertiary/aromatic N) is 1. The molecule has 0 radical (unpaired) electrons. The van der Waals surface area contributed by atoms with Crippen molar-refractivity contribution in [1.82, 2.24) is 4.40 Å². The van der Waals surface area contributed by atoms with E-state index < -0.39 is 11.7 Å². The van der Waals surface area contributed by atoms with Gasteiger partial charge >= 0.3 is 0 Å². The Morgan fingerprint density at radius 2 is 1.73 bits per heavy atom. The molecule has 0 fully saturated rings. The first-order valence-corrected chi connectivity index (χ1v) is 9.90. The van der Waals surface area contributed by atoms with Crippen LogP contribution in [0.15, 0.2) is 79.0 Å². The summed E-state index contributed by atoms with van der Waals surface area (Å²) in [4.78, 5) is 26.0. The number of aromatic nitrogens is 1. The zero-order valence-corrected chi connectivity index (χ0v) is 17.0. The molecule has 2 aromatic carbocycles. The lowest BCUT2D eigenvalue weighted by molar-refractivity contribution is -0.112. The van der Waals surface area contributed by atoms with Gasteiger partial charge in [-0.15, -0.1) is 0 Å². The van der Waals surface area contributed by atoms with Gasteiger partial charge in [0.25, 0.3) is 11.7 Å². The summed E-state index contributed by atoms with van der Waals surface area (Å²) in [6, 6.07) is 21.7. The Morgan fingerprint density at radius 3 is 2.47 bits per heavy atom. The van der Waals surface area contributed by atoms with Gasteiger partial charge in [0.15, 0.2) is 0 Å². The summed E-state index contributed by atoms with van der Waals surface area (Å²) < 4.78 is 7.22. The SMILES string of the molecule is CCOc1ccc(-c2cc3ccccn3c2C(=O)C(=O)Nc2ccccc2Cl)cc1. The predicted molar refractivity (Wildman–Crippen MR) is 118 cm³/mol. The van der Waals surface area contributed by atoms with E-state index in [0.717, 1.165) is 16.8 Å². The summed E-state index contributed by atoms with van der Waals surface area (Å²) >= 11 is 6.12. The maximum atomic E-state index is 13.2. The molecule has 1 amide bonds. The molecule has 0 aliphatic heterocycles. The Labute approximate surface area is 178 Å². The van der Waals surface area contributed by atoms with E-state index in [9.17, 15) is 9.59 Å². The number of para-hydroxylation sites is 1. The van der Waals surface area contributed by atoms with Gasteiger partial charge < -0.3 is 14.5 Å². The molecule has 0 saturated carbocycles. The van der Waals surface area contributed by atoms with Gasteiger partial charge in [-0.3, -0.25) is 9.59 Å². The quantitative estimate of drug-likeness (QED) is 0.333. The van der Waals surface area contributed by atoms with Crippen LogP contribution in [0, 0.1) is 0 Å². The summed E-state index contributed by atoms with van der Waals surface area (Å²) in [5.41, 5.74) is 2.98. The van der Waals surface area contributed by atoms with Crippen molar-refractivity contribution in [1.29, 1.82) is 0 Å². The number of ether oxygens (including phenoxy) is 1. The van der Waals surface area contributed by atoms with Gasteiger partial charge in [-0.25, -0.2) is 0 Å². The Kier molecular flexibility index (Phi) is 5.55. The van der Waals surface area contributed by atoms with Crippen LogP contribution in [0.1, 0.15) is 17.4 Å². The van der Waals surface area contributed by atoms with E-state index in [0.29, 0.717) is 28.6 Å². The van der Waals surface area contributed by atoms with Gasteiger partial charge in [0.05, 0.1) is 17.3 Å². The maximum Gasteiger partial charge on any atom is 0.298 e. The summed E-state index contributed by atoms with van der Waals surface area (Å²) in [7, 11) is 0. The smallest absolute Gasteiger partial charge is 0.298 e. The number of amides is 1. The number of rotatable bonds is 6. The van der Waals surface area contributed by atoms with Crippen LogP contribution >= 0.6 is 11.6 Å². The van der Waals surface area contributed by atoms with Crippen molar-refractivity contribution < 1.29 is 14.3 Å². The first-order chi connectivity index (χ1) is 14.6. The molecule has 150 valence electrons. The molecule has 5 nitrogen and oxygen atoms in total. The second-order valence-electron chi connectivity index (χ2n) is 6.62. The highest BCUT2D eigenvalue weighted by Gasteiger charge is 2.25. The number of carbonyl (C=O) groups is 2. The molecular weight excluding hydrogens is 400 g/mol. The number of Topliss-reactive ketones (excluding diaryl/α,β-unsaturated/α-hetero) is 1. The van der Waals surface area contributed by atoms with E-state index in [1.807, 2.05) is 55.5 Å². The maximum absolute atomic E-state index is 13.2. The molecule has 0 aliphatic carbocycles. The summed E-state index contributed by atoms with van der Waals surface area (Å²) in [5.74, 6) is -0.654. The molecule has 0 saturated heterocycles. The number of hydrogen-bond donors (Lipinski definition) is 1. The third-order valence-electron chi connectivity index (χ3n) is 4.70. The second-order valence-corrected chi connectivity index (χ2v) is 7.03. The normalized spacial score (nSPS) is 10.7. The average molecular weight is 419 g/mol. The largest absolute Gasteiger partial charge is 0.494 e. The molecular formula is C24H19ClN2O3. The summed E-state index contributed by atoms with van der Waals surface area (Å²) in [6.45, 7) is 2.49. The first kappa shape index (κ1) is 19.7. The van der Waals surface area contributed by atoms with E-state index in [4.69, 9.17) is 16.3 Å². The lowest BCUT2D eigenvalue weighted by Gasteiger charge is -2.09. The molecule has 4 aromatic rings. The molecule has 0 unspecified atom stereocenters. The van der Waals surface area contributed by atoms with Crippen molar-refractivity contribution in [3.05, 3.63) is 89.7 Å². The molecule has 0 atom stereocenters. The number of carbonyl (C=O) groups excluding carboxylic acids is 2. The van der Waals surface area contributed by atoms with E-state index in [2.05, 4.69) is 5.32 Å². The first-order valence-electron chi connectivity index (χ1n) is 9.52. The lowest BCUT2D eigenvalue weighted by Crippen LogP contribution is -2.24. The average Bonchev–Trinajstić information content (AvgIpc) is 3.15. The number of hydrogen-bond acceptors (Lipinski definition) is 3. The van der Waals surface area contributed by atoms with Crippen LogP contribution in [0.4, 0.5) is 5.69 Å². The van der Waals surface area contributed by atoms with Gasteiger partial charge in [-0.05, 0) is 55.0 Å². The van der Waals surface area contributed by atoms with Crippen molar-refractivity contribution in [2.75, 3.05) is 11.9 Å². The number of ketones is 1. The molecule has 0 spiro atoms. The fourth-order valence-electron chi connectivity index (χ4n) is 3.32. The van der Waals surface area contributed by atoms with Crippen LogP contribution in [0.3, 0.4) is 0 Å². The zero-order valence-electron chi connectivity index (χ0n) is 16.3. The van der Waals surface area contributed by atoms with Gasteiger partial charge in [0, 0.05) is 17.3 Å². The van der Waals surface area contributed by atoms with Crippen molar-refractivity contribution >= 4 is 34.5 Å². The third kappa shape index (κ3) is 3.80. The van der Waals surface area contributed by atoms with Gasteiger partial charge in [-0.2, -0.15) is 0 Å². The van der Waals surface area contributed by atoms with Crippen LogP contribution < -0.4 is 10.1 Å². The van der Waals surface area contributed by atoms with E-state index in [1.54, 1.807) is 34.9 Å². The molecule has 0 aliphatic rings. The highest BCUT2D eigenvalue weighted by molar-refractivity contribution is 6.48. The monoisotopic (exact) mass is 418 g/mol. The van der Waals surface area contributed by atoms with Crippen LogP contribution in [0.25, 0.3) is 16.6 Å². The van der Waals surface area contributed by atoms with Crippen LogP contribution in [0.5, 0.6) is 5.75 Å². The van der Waals surface area contributed by atoms with Gasteiger partial charge in [-0.1, -0.05) is 41.9 Å². The van der Waals surface area contributed by atoms with Crippen molar-refractivity contribution in [3.63, 3.8) is 0 Å². The lowest BCUT2D eigenvalue weighted by atomic mass is 10.0. The minimum Gasteiger partial charge on any atom is -0.494 e. The second kappa shape index (κ2) is 8.43. The molecule has 30 heavy (non-hydrogen) atoms. The molecule has 6 heteroatoms. The number of pyridine rings is 1. The minimum absolute atomic E-state index is 0.291. The molecule has 1 N–H and O–H groups in total. The van der Waals surface area contributed by atoms with E-state index in [1.165, 1.54) is 0 Å². The van der Waals surface area contributed by atoms with E-state index in [-0.39, 0.29) is 0 Å². The number of fused-ring (bicyclic) bond motifs is 1. The van der Waals surface area contributed by atoms with Crippen molar-refractivity contribution in [3.8, 4) is 16.9 Å². The molecule has 4 rings (SSSR count). The minimum atomic E-state index is -0.751. The highest BCUT2D eigenvalue weighted by Crippen LogP contribution is 2.30. The number of nitrogens with one attached hydrogen (secondary N) is 1. The number of benzene rings is 2. The molecule has 0 bridgehead atoms. The van der Waals surface area contributed by atoms with Crippen molar-refractivity contribution in [2.45, 2.75) is 6.92 Å². The summed E-state index contributed by atoms with van der Waals surface area (Å²) in [6.07, 6.45) is 1.77. The standard InChI is InChI=1S/C24H19ClN2O3/c1-2-30-18-12-10-16(11-13-18)19-15-17-7-5-6-14-27(17)22(19)23(28)24(29)26-21-9-4-3-8-20(21)25/h3-15H,2H2,1H3,(H,26,29). The van der Waals surface area contributed by atoms with Gasteiger partial charge in [0.1, 0.15) is 11.4 Å². The Bertz CT molecular complexity index is 1230. The van der Waals surface area contributed by atoms with Gasteiger partial charge in [0.2, 0.25) is 0 Å². The van der Waals surface area contributed by atoms with Crippen molar-refractivity contribution in [2.24, 2.45) is 0 Å². The van der Waals surface area contributed by atoms with Crippen LogP contribution in [-0.4, -0.2) is 22.7 Å². The molecule has 2 heterocycles. The zero-order chi connectivity index (χ0) is 21.1. The Morgan fingerprint density at radius 1 is 1.00 bits per heavy atom. The Balaban J connectivity index is 1.75. The molecule has 2 aromatic heterocycles. The predicted octanol–water partition coefficient (Wildman–Crippen LogP) is 5.48. The van der Waals surface area contributed by atoms with Crippen LogP contribution in [-0.2, 0) is 4.79 Å². The number of anilines is 1. The highest BCUT2D eigenvalue weighted by atomic mass is 35.5. The third-order valence-corrected chi connectivity index (χ3v) is 5.03. The fourth-order valence-corrected chi connectivity index (χ4v) is 3.50. The Hall–Kier alpha value is -3.57.